The number of hydrogen-bond donors (Lipinski definition) is 2. The topological polar surface area (TPSA) is 82.2 Å². The molecule has 0 bridgehead atoms. The second kappa shape index (κ2) is 11.4. The molecule has 0 radical (unpaired) electrons. The number of carbonyl (C=O) groups excluding carboxylic acids is 1. The number of carbonyl (C=O) groups is 1. The van der Waals surface area contributed by atoms with Crippen LogP contribution < -0.4 is 15.8 Å². The van der Waals surface area contributed by atoms with Gasteiger partial charge >= 0.3 is 12.8 Å². The van der Waals surface area contributed by atoms with Gasteiger partial charge in [-0.05, 0) is 62.6 Å². The van der Waals surface area contributed by atoms with Crippen molar-refractivity contribution in [2.45, 2.75) is 84.7 Å². The summed E-state index contributed by atoms with van der Waals surface area (Å²) in [4.78, 5) is 13.0. The van der Waals surface area contributed by atoms with Crippen molar-refractivity contribution >= 4 is 17.5 Å². The van der Waals surface area contributed by atoms with Crippen LogP contribution >= 0.6 is 11.6 Å². The Morgan fingerprint density at radius 1 is 1.29 bits per heavy atom. The van der Waals surface area contributed by atoms with Crippen molar-refractivity contribution in [2.75, 3.05) is 6.54 Å². The Hall–Kier alpha value is -2.40. The first-order valence-corrected chi connectivity index (χ1v) is 12.9. The first kappa shape index (κ1) is 30.1. The van der Waals surface area contributed by atoms with Crippen LogP contribution in [0.5, 0.6) is 5.75 Å². The number of nitrogens with zero attached hydrogens (tertiary/aromatic N) is 2. The molecule has 3 rings (SSSR count). The molecule has 6 nitrogen and oxygen atoms in total. The van der Waals surface area contributed by atoms with Gasteiger partial charge in [-0.15, -0.1) is 0 Å². The van der Waals surface area contributed by atoms with E-state index in [-0.39, 0.29) is 46.4 Å². The van der Waals surface area contributed by atoms with Crippen LogP contribution in [0.15, 0.2) is 18.2 Å². The number of nitrogens with one attached hydrogen (secondary N) is 1. The Balaban J connectivity index is 1.93. The molecule has 0 aliphatic heterocycles. The molecule has 0 saturated heterocycles. The fourth-order valence-corrected chi connectivity index (χ4v) is 4.92. The predicted octanol–water partition coefficient (Wildman–Crippen LogP) is 6.59. The SMILES string of the molecule is CCn1nc(C(=O)NCC2(N)CCC(C)CC2)c(Cl)c1-c1ccc(CC(C)(C)C(F)(F)F)cc1OC(F)F. The summed E-state index contributed by atoms with van der Waals surface area (Å²) in [7, 11) is 0. The number of alkyl halides is 5. The summed E-state index contributed by atoms with van der Waals surface area (Å²) >= 11 is 6.56. The number of amides is 1. The predicted molar refractivity (Wildman–Crippen MR) is 135 cm³/mol. The highest BCUT2D eigenvalue weighted by Gasteiger charge is 2.47. The molecule has 3 N–H and O–H groups in total. The summed E-state index contributed by atoms with van der Waals surface area (Å²) in [5, 5.41) is 6.98. The molecule has 2 aromatic rings. The monoisotopic (exact) mass is 564 g/mol. The van der Waals surface area contributed by atoms with E-state index in [1.165, 1.54) is 16.8 Å². The summed E-state index contributed by atoms with van der Waals surface area (Å²) in [6.07, 6.45) is -1.49. The lowest BCUT2D eigenvalue weighted by Crippen LogP contribution is -2.52. The van der Waals surface area contributed by atoms with E-state index in [1.807, 2.05) is 0 Å². The standard InChI is InChI=1S/C26H34ClF5N4O2/c1-5-36-21(19(27)20(35-36)22(37)34-14-25(33)10-8-15(2)9-11-25)17-7-6-16(12-18(17)38-23(28)29)13-24(3,4)26(30,31)32/h6-7,12,15,23H,5,8-11,13-14,33H2,1-4H3,(H,34,37). The highest BCUT2D eigenvalue weighted by Crippen LogP contribution is 2.43. The van der Waals surface area contributed by atoms with Gasteiger partial charge in [0.05, 0.1) is 16.1 Å². The number of aryl methyl sites for hydroxylation is 1. The average molecular weight is 565 g/mol. The highest BCUT2D eigenvalue weighted by molar-refractivity contribution is 6.36. The highest BCUT2D eigenvalue weighted by atomic mass is 35.5. The molecule has 1 aromatic heterocycles. The summed E-state index contributed by atoms with van der Waals surface area (Å²) in [5.41, 5.74) is 4.09. The van der Waals surface area contributed by atoms with Crippen molar-refractivity contribution in [1.82, 2.24) is 15.1 Å². The van der Waals surface area contributed by atoms with Gasteiger partial charge in [0.15, 0.2) is 5.69 Å². The van der Waals surface area contributed by atoms with E-state index in [0.717, 1.165) is 45.6 Å². The van der Waals surface area contributed by atoms with Gasteiger partial charge in [-0.2, -0.15) is 27.1 Å². The molecule has 0 spiro atoms. The number of halogens is 6. The van der Waals surface area contributed by atoms with E-state index in [9.17, 15) is 26.7 Å². The van der Waals surface area contributed by atoms with Gasteiger partial charge < -0.3 is 15.8 Å². The minimum absolute atomic E-state index is 0.0776. The quantitative estimate of drug-likeness (QED) is 0.337. The van der Waals surface area contributed by atoms with Crippen LogP contribution in [-0.2, 0) is 13.0 Å². The first-order valence-electron chi connectivity index (χ1n) is 12.5. The molecule has 1 aliphatic rings. The van der Waals surface area contributed by atoms with Crippen molar-refractivity contribution < 1.29 is 31.5 Å². The molecule has 0 atom stereocenters. The lowest BCUT2D eigenvalue weighted by molar-refractivity contribution is -0.211. The van der Waals surface area contributed by atoms with Crippen molar-refractivity contribution in [2.24, 2.45) is 17.1 Å². The van der Waals surface area contributed by atoms with Crippen molar-refractivity contribution in [3.8, 4) is 17.0 Å². The molecule has 212 valence electrons. The summed E-state index contributed by atoms with van der Waals surface area (Å²) < 4.78 is 72.8. The molecule has 1 amide bonds. The normalized spacial score (nSPS) is 20.6. The number of aromatic nitrogens is 2. The van der Waals surface area contributed by atoms with Gasteiger partial charge in [0.1, 0.15) is 5.75 Å². The number of nitrogens with two attached hydrogens (primary N) is 1. The maximum absolute atomic E-state index is 13.4. The molecular weight excluding hydrogens is 531 g/mol. The lowest BCUT2D eigenvalue weighted by atomic mass is 9.78. The Kier molecular flexibility index (Phi) is 9.02. The van der Waals surface area contributed by atoms with Gasteiger partial charge in [-0.25, -0.2) is 0 Å². The Morgan fingerprint density at radius 3 is 2.47 bits per heavy atom. The Bertz CT molecular complexity index is 1140. The fourth-order valence-electron chi connectivity index (χ4n) is 4.60. The van der Waals surface area contributed by atoms with E-state index < -0.39 is 36.1 Å². The van der Waals surface area contributed by atoms with Crippen LogP contribution in [0.25, 0.3) is 11.3 Å². The molecule has 0 unspecified atom stereocenters. The molecule has 38 heavy (non-hydrogen) atoms. The van der Waals surface area contributed by atoms with Crippen molar-refractivity contribution in [3.05, 3.63) is 34.5 Å². The molecule has 1 heterocycles. The van der Waals surface area contributed by atoms with Crippen molar-refractivity contribution in [3.63, 3.8) is 0 Å². The lowest BCUT2D eigenvalue weighted by Gasteiger charge is -2.36. The molecule has 1 aliphatic carbocycles. The Morgan fingerprint density at radius 2 is 1.92 bits per heavy atom. The molecule has 1 saturated carbocycles. The number of hydrogen-bond acceptors (Lipinski definition) is 4. The maximum atomic E-state index is 13.4. The third-order valence-corrected chi connectivity index (χ3v) is 7.57. The summed E-state index contributed by atoms with van der Waals surface area (Å²) in [6.45, 7) is 3.17. The minimum Gasteiger partial charge on any atom is -0.434 e. The minimum atomic E-state index is -4.50. The summed E-state index contributed by atoms with van der Waals surface area (Å²) in [6, 6.07) is 3.89. The first-order chi connectivity index (χ1) is 17.6. The second-order valence-corrected chi connectivity index (χ2v) is 11.2. The number of ether oxygens (including phenoxy) is 1. The van der Waals surface area contributed by atoms with Crippen LogP contribution in [0.3, 0.4) is 0 Å². The molecule has 12 heteroatoms. The van der Waals surface area contributed by atoms with E-state index in [1.54, 1.807) is 6.92 Å². The van der Waals surface area contributed by atoms with Gasteiger partial charge in [-0.3, -0.25) is 9.48 Å². The van der Waals surface area contributed by atoms with Crippen LogP contribution in [0.4, 0.5) is 22.0 Å². The zero-order valence-electron chi connectivity index (χ0n) is 21.9. The van der Waals surface area contributed by atoms with Crippen LogP contribution in [0, 0.1) is 11.3 Å². The number of benzene rings is 1. The van der Waals surface area contributed by atoms with E-state index in [2.05, 4.69) is 22.1 Å². The zero-order valence-corrected chi connectivity index (χ0v) is 22.6. The second-order valence-electron chi connectivity index (χ2n) is 10.8. The van der Waals surface area contributed by atoms with E-state index in [0.29, 0.717) is 5.92 Å². The summed E-state index contributed by atoms with van der Waals surface area (Å²) in [5.74, 6) is -0.349. The van der Waals surface area contributed by atoms with Gasteiger partial charge in [-0.1, -0.05) is 38.4 Å². The third kappa shape index (κ3) is 6.77. The fraction of sp³-hybridized carbons (Fsp3) is 0.615. The van der Waals surface area contributed by atoms with Crippen LogP contribution in [0.1, 0.15) is 69.4 Å². The maximum Gasteiger partial charge on any atom is 0.394 e. The van der Waals surface area contributed by atoms with Crippen LogP contribution in [-0.4, -0.2) is 40.6 Å². The van der Waals surface area contributed by atoms with Gasteiger partial charge in [0, 0.05) is 24.2 Å². The van der Waals surface area contributed by atoms with E-state index in [4.69, 9.17) is 17.3 Å². The molecule has 1 fully saturated rings. The Labute approximate surface area is 224 Å². The smallest absolute Gasteiger partial charge is 0.394 e. The third-order valence-electron chi connectivity index (χ3n) is 7.21. The van der Waals surface area contributed by atoms with Gasteiger partial charge in [0.2, 0.25) is 0 Å². The largest absolute Gasteiger partial charge is 0.434 e. The molecule has 1 aromatic carbocycles. The van der Waals surface area contributed by atoms with E-state index >= 15 is 0 Å². The number of rotatable bonds is 9. The zero-order chi connectivity index (χ0) is 28.5. The van der Waals surface area contributed by atoms with Crippen LogP contribution in [0.2, 0.25) is 5.02 Å². The average Bonchev–Trinajstić information content (AvgIpc) is 3.15. The van der Waals surface area contributed by atoms with Gasteiger partial charge in [0.25, 0.3) is 5.91 Å². The van der Waals surface area contributed by atoms with Crippen molar-refractivity contribution in [1.29, 1.82) is 0 Å². The molecular formula is C26H34ClF5N4O2.